The summed E-state index contributed by atoms with van der Waals surface area (Å²) in [4.78, 5) is 23.8. The molecule has 0 unspecified atom stereocenters. The van der Waals surface area contributed by atoms with Gasteiger partial charge in [-0.3, -0.25) is 10.1 Å². The number of carbonyl (C=O) groups is 1. The Balaban J connectivity index is 2.23. The molecule has 94 valence electrons. The van der Waals surface area contributed by atoms with Crippen molar-refractivity contribution in [3.63, 3.8) is 0 Å². The normalized spacial score (nSPS) is 10.3. The van der Waals surface area contributed by atoms with E-state index in [1.165, 1.54) is 17.4 Å². The number of esters is 1. The van der Waals surface area contributed by atoms with Gasteiger partial charge in [0.25, 0.3) is 0 Å². The van der Waals surface area contributed by atoms with E-state index < -0.39 is 4.92 Å². The molecular weight excluding hydrogens is 274 g/mol. The number of nitro groups is 1. The van der Waals surface area contributed by atoms with Gasteiger partial charge in [0.2, 0.25) is 0 Å². The van der Waals surface area contributed by atoms with Crippen molar-refractivity contribution in [2.24, 2.45) is 0 Å². The molecule has 0 aliphatic heterocycles. The molecular formula is C11H9NO4S2. The summed E-state index contributed by atoms with van der Waals surface area (Å²) in [6.45, 7) is 2.07. The maximum absolute atomic E-state index is 11.5. The molecule has 18 heavy (non-hydrogen) atoms. The van der Waals surface area contributed by atoms with Gasteiger partial charge in [-0.2, -0.15) is 0 Å². The summed E-state index contributed by atoms with van der Waals surface area (Å²) in [7, 11) is 0. The molecule has 0 N–H and O–H groups in total. The van der Waals surface area contributed by atoms with Gasteiger partial charge in [-0.15, -0.1) is 11.3 Å². The molecule has 0 spiro atoms. The summed E-state index contributed by atoms with van der Waals surface area (Å²) in [6.07, 6.45) is 0. The summed E-state index contributed by atoms with van der Waals surface area (Å²) in [5.74, 6) is -0.361. The summed E-state index contributed by atoms with van der Waals surface area (Å²) < 4.78 is 4.89. The van der Waals surface area contributed by atoms with Gasteiger partial charge in [0.1, 0.15) is 4.88 Å². The highest BCUT2D eigenvalue weighted by Crippen LogP contribution is 2.36. The van der Waals surface area contributed by atoms with Crippen LogP contribution in [-0.4, -0.2) is 17.5 Å². The summed E-state index contributed by atoms with van der Waals surface area (Å²) in [6, 6.07) is 6.59. The van der Waals surface area contributed by atoms with Crippen molar-refractivity contribution >= 4 is 33.6 Å². The summed E-state index contributed by atoms with van der Waals surface area (Å²) in [5, 5.41) is 10.7. The second kappa shape index (κ2) is 5.28. The lowest BCUT2D eigenvalue weighted by atomic mass is 10.3. The van der Waals surface area contributed by atoms with Gasteiger partial charge in [-0.1, -0.05) is 11.3 Å². The van der Waals surface area contributed by atoms with Gasteiger partial charge < -0.3 is 4.74 Å². The first-order valence-corrected chi connectivity index (χ1v) is 6.76. The number of ether oxygens (including phenoxy) is 1. The van der Waals surface area contributed by atoms with Crippen LogP contribution >= 0.6 is 22.7 Å². The quantitative estimate of drug-likeness (QED) is 0.488. The molecule has 2 heterocycles. The Morgan fingerprint density at radius 3 is 2.56 bits per heavy atom. The average Bonchev–Trinajstić information content (AvgIpc) is 2.98. The van der Waals surface area contributed by atoms with Gasteiger partial charge in [0.05, 0.1) is 16.4 Å². The third kappa shape index (κ3) is 2.57. The fourth-order valence-electron chi connectivity index (χ4n) is 1.34. The molecule has 0 fully saturated rings. The van der Waals surface area contributed by atoms with Crippen LogP contribution < -0.4 is 0 Å². The first-order valence-electron chi connectivity index (χ1n) is 5.13. The number of nitrogens with zero attached hydrogens (tertiary/aromatic N) is 1. The van der Waals surface area contributed by atoms with Gasteiger partial charge in [0.15, 0.2) is 0 Å². The van der Waals surface area contributed by atoms with Gasteiger partial charge in [0, 0.05) is 10.9 Å². The molecule has 0 saturated carbocycles. The highest BCUT2D eigenvalue weighted by Gasteiger charge is 2.15. The van der Waals surface area contributed by atoms with E-state index >= 15 is 0 Å². The van der Waals surface area contributed by atoms with Crippen LogP contribution in [0.5, 0.6) is 0 Å². The van der Waals surface area contributed by atoms with Gasteiger partial charge in [-0.05, 0) is 25.1 Å². The Morgan fingerprint density at radius 1 is 1.28 bits per heavy atom. The topological polar surface area (TPSA) is 69.4 Å². The molecule has 0 aliphatic carbocycles. The Labute approximate surface area is 111 Å². The number of thiophene rings is 2. The third-order valence-electron chi connectivity index (χ3n) is 2.10. The Bertz CT molecular complexity index is 587. The van der Waals surface area contributed by atoms with Crippen LogP contribution in [0.3, 0.4) is 0 Å². The molecule has 0 radical (unpaired) electrons. The van der Waals surface area contributed by atoms with Crippen molar-refractivity contribution in [2.45, 2.75) is 6.92 Å². The molecule has 2 aromatic rings. The third-order valence-corrected chi connectivity index (χ3v) is 4.40. The number of carbonyl (C=O) groups excluding carboxylic acids is 1. The molecule has 7 heteroatoms. The van der Waals surface area contributed by atoms with Crippen LogP contribution in [0.15, 0.2) is 24.3 Å². The van der Waals surface area contributed by atoms with Crippen LogP contribution in [0.1, 0.15) is 16.6 Å². The minimum Gasteiger partial charge on any atom is -0.462 e. The second-order valence-corrected chi connectivity index (χ2v) is 5.43. The van der Waals surface area contributed by atoms with E-state index in [0.717, 1.165) is 21.1 Å². The van der Waals surface area contributed by atoms with Crippen LogP contribution in [-0.2, 0) is 4.74 Å². The molecule has 0 atom stereocenters. The average molecular weight is 283 g/mol. The fraction of sp³-hybridized carbons (Fsp3) is 0.182. The van der Waals surface area contributed by atoms with Crippen molar-refractivity contribution in [3.8, 4) is 9.75 Å². The van der Waals surface area contributed by atoms with E-state index in [1.54, 1.807) is 25.1 Å². The van der Waals surface area contributed by atoms with Crippen molar-refractivity contribution in [1.82, 2.24) is 0 Å². The Morgan fingerprint density at radius 2 is 1.94 bits per heavy atom. The minimum atomic E-state index is -0.423. The highest BCUT2D eigenvalue weighted by molar-refractivity contribution is 7.24. The summed E-state index contributed by atoms with van der Waals surface area (Å²) >= 11 is 2.36. The maximum atomic E-state index is 11.5. The van der Waals surface area contributed by atoms with E-state index in [-0.39, 0.29) is 11.0 Å². The standard InChI is InChI=1S/C11H9NO4S2/c1-2-16-11(13)9-4-3-7(17-9)8-5-6-10(18-8)12(14)15/h3-6H,2H2,1H3. The first-order chi connectivity index (χ1) is 8.61. The van der Waals surface area contributed by atoms with E-state index in [9.17, 15) is 14.9 Å². The lowest BCUT2D eigenvalue weighted by molar-refractivity contribution is -0.380. The van der Waals surface area contributed by atoms with Crippen molar-refractivity contribution < 1.29 is 14.5 Å². The first kappa shape index (κ1) is 12.7. The van der Waals surface area contributed by atoms with E-state index in [2.05, 4.69) is 0 Å². The molecule has 0 bridgehead atoms. The molecule has 0 aliphatic rings. The Kier molecular flexibility index (Phi) is 3.73. The minimum absolute atomic E-state index is 0.0936. The van der Waals surface area contributed by atoms with Crippen molar-refractivity contribution in [2.75, 3.05) is 6.61 Å². The van der Waals surface area contributed by atoms with Crippen LogP contribution in [0, 0.1) is 10.1 Å². The molecule has 2 rings (SSSR count). The van der Waals surface area contributed by atoms with Gasteiger partial charge >= 0.3 is 11.0 Å². The molecule has 0 saturated heterocycles. The zero-order valence-corrected chi connectivity index (χ0v) is 11.0. The van der Waals surface area contributed by atoms with Crippen molar-refractivity contribution in [3.05, 3.63) is 39.3 Å². The summed E-state index contributed by atoms with van der Waals surface area (Å²) in [5.41, 5.74) is 0. The van der Waals surface area contributed by atoms with Gasteiger partial charge in [-0.25, -0.2) is 4.79 Å². The zero-order valence-electron chi connectivity index (χ0n) is 9.41. The lowest BCUT2D eigenvalue weighted by Gasteiger charge is -1.96. The fourth-order valence-corrected chi connectivity index (χ4v) is 3.15. The highest BCUT2D eigenvalue weighted by atomic mass is 32.1. The van der Waals surface area contributed by atoms with E-state index in [0.29, 0.717) is 11.5 Å². The van der Waals surface area contributed by atoms with E-state index in [1.807, 2.05) is 0 Å². The van der Waals surface area contributed by atoms with Crippen molar-refractivity contribution in [1.29, 1.82) is 0 Å². The molecule has 0 amide bonds. The second-order valence-electron chi connectivity index (χ2n) is 3.28. The van der Waals surface area contributed by atoms with Crippen LogP contribution in [0.4, 0.5) is 5.00 Å². The molecule has 0 aromatic carbocycles. The zero-order chi connectivity index (χ0) is 13.1. The number of hydrogen-bond donors (Lipinski definition) is 0. The molecule has 5 nitrogen and oxygen atoms in total. The lowest BCUT2D eigenvalue weighted by Crippen LogP contribution is -2.01. The smallest absolute Gasteiger partial charge is 0.348 e. The van der Waals surface area contributed by atoms with Crippen LogP contribution in [0.25, 0.3) is 9.75 Å². The SMILES string of the molecule is CCOC(=O)c1ccc(-c2ccc([N+](=O)[O-])s2)s1. The van der Waals surface area contributed by atoms with Crippen LogP contribution in [0.2, 0.25) is 0 Å². The number of hydrogen-bond acceptors (Lipinski definition) is 6. The molecule has 2 aromatic heterocycles. The monoisotopic (exact) mass is 283 g/mol. The predicted molar refractivity (Wildman–Crippen MR) is 70.2 cm³/mol. The largest absolute Gasteiger partial charge is 0.462 e. The maximum Gasteiger partial charge on any atom is 0.348 e. The van der Waals surface area contributed by atoms with E-state index in [4.69, 9.17) is 4.74 Å². The Hall–Kier alpha value is -1.73. The number of rotatable bonds is 4. The predicted octanol–water partition coefficient (Wildman–Crippen LogP) is 3.56.